The van der Waals surface area contributed by atoms with Gasteiger partial charge in [-0.15, -0.1) is 0 Å². The Bertz CT molecular complexity index is 432. The standard InChI is InChI=1S/C13H17N3O/c1-3-4-5-12(15-2)16-13(17)10-6-8-11(14)9-7-10/h4-9H,3,14H2,1-2H3,(H,15,16,17)/b5-4-. The minimum Gasteiger partial charge on any atom is -0.399 e. The molecule has 4 heteroatoms. The van der Waals surface area contributed by atoms with Crippen molar-refractivity contribution in [3.8, 4) is 0 Å². The van der Waals surface area contributed by atoms with Gasteiger partial charge in [-0.1, -0.05) is 13.0 Å². The zero-order valence-electron chi connectivity index (χ0n) is 10.1. The summed E-state index contributed by atoms with van der Waals surface area (Å²) in [5, 5.41) is 2.72. The van der Waals surface area contributed by atoms with Crippen molar-refractivity contribution in [3.05, 3.63) is 42.0 Å². The van der Waals surface area contributed by atoms with Crippen molar-refractivity contribution in [2.75, 3.05) is 12.8 Å². The first-order chi connectivity index (χ1) is 8.17. The van der Waals surface area contributed by atoms with Crippen LogP contribution in [0.3, 0.4) is 0 Å². The lowest BCUT2D eigenvalue weighted by molar-refractivity contribution is 0.0977. The molecule has 4 nitrogen and oxygen atoms in total. The van der Waals surface area contributed by atoms with E-state index in [9.17, 15) is 4.79 Å². The summed E-state index contributed by atoms with van der Waals surface area (Å²) < 4.78 is 0. The molecular weight excluding hydrogens is 214 g/mol. The summed E-state index contributed by atoms with van der Waals surface area (Å²) in [7, 11) is 1.64. The number of carbonyl (C=O) groups excluding carboxylic acids is 1. The number of benzene rings is 1. The quantitative estimate of drug-likeness (QED) is 0.474. The van der Waals surface area contributed by atoms with Crippen molar-refractivity contribution in [1.29, 1.82) is 0 Å². The summed E-state index contributed by atoms with van der Waals surface area (Å²) >= 11 is 0. The molecule has 0 aliphatic rings. The number of carbonyl (C=O) groups is 1. The van der Waals surface area contributed by atoms with Gasteiger partial charge in [0.1, 0.15) is 5.84 Å². The second-order valence-electron chi connectivity index (χ2n) is 3.50. The highest BCUT2D eigenvalue weighted by atomic mass is 16.1. The highest BCUT2D eigenvalue weighted by Crippen LogP contribution is 2.05. The van der Waals surface area contributed by atoms with Crippen molar-refractivity contribution >= 4 is 17.4 Å². The Morgan fingerprint density at radius 1 is 1.41 bits per heavy atom. The van der Waals surface area contributed by atoms with Crippen LogP contribution in [0.15, 0.2) is 41.4 Å². The van der Waals surface area contributed by atoms with Crippen molar-refractivity contribution < 1.29 is 4.79 Å². The predicted octanol–water partition coefficient (Wildman–Crippen LogP) is 1.99. The Morgan fingerprint density at radius 3 is 2.59 bits per heavy atom. The average molecular weight is 231 g/mol. The number of nitrogen functional groups attached to an aromatic ring is 1. The Balaban J connectivity index is 2.71. The summed E-state index contributed by atoms with van der Waals surface area (Å²) in [5.74, 6) is 0.361. The van der Waals surface area contributed by atoms with Crippen LogP contribution < -0.4 is 11.1 Å². The van der Waals surface area contributed by atoms with E-state index in [0.29, 0.717) is 17.1 Å². The maximum Gasteiger partial charge on any atom is 0.256 e. The molecule has 0 aliphatic heterocycles. The smallest absolute Gasteiger partial charge is 0.256 e. The Kier molecular flexibility index (Phi) is 4.94. The zero-order valence-corrected chi connectivity index (χ0v) is 10.1. The largest absolute Gasteiger partial charge is 0.399 e. The van der Waals surface area contributed by atoms with Gasteiger partial charge in [-0.05, 0) is 36.8 Å². The van der Waals surface area contributed by atoms with E-state index < -0.39 is 0 Å². The second-order valence-corrected chi connectivity index (χ2v) is 3.50. The number of nitrogens with zero attached hydrogens (tertiary/aromatic N) is 1. The summed E-state index contributed by atoms with van der Waals surface area (Å²) in [4.78, 5) is 15.8. The van der Waals surface area contributed by atoms with Crippen LogP contribution in [0.25, 0.3) is 0 Å². The van der Waals surface area contributed by atoms with Gasteiger partial charge in [-0.25, -0.2) is 0 Å². The first-order valence-corrected chi connectivity index (χ1v) is 5.47. The Morgan fingerprint density at radius 2 is 2.06 bits per heavy atom. The molecular formula is C13H17N3O. The lowest BCUT2D eigenvalue weighted by Gasteiger charge is -2.04. The SMILES string of the molecule is CC/C=C\C(=NC)NC(=O)c1ccc(N)cc1. The first kappa shape index (κ1) is 13.0. The monoisotopic (exact) mass is 231 g/mol. The van der Waals surface area contributed by atoms with Crippen LogP contribution in [0.5, 0.6) is 0 Å². The van der Waals surface area contributed by atoms with Gasteiger partial charge in [0.25, 0.3) is 5.91 Å². The van der Waals surface area contributed by atoms with Crippen LogP contribution in [0.1, 0.15) is 23.7 Å². The number of amides is 1. The van der Waals surface area contributed by atoms with Crippen LogP contribution in [0, 0.1) is 0 Å². The van der Waals surface area contributed by atoms with Gasteiger partial charge < -0.3 is 11.1 Å². The molecule has 3 N–H and O–H groups in total. The van der Waals surface area contributed by atoms with Crippen LogP contribution in [-0.4, -0.2) is 18.8 Å². The number of nitrogens with two attached hydrogens (primary N) is 1. The molecule has 0 fully saturated rings. The molecule has 1 aromatic rings. The fourth-order valence-corrected chi connectivity index (χ4v) is 1.22. The van der Waals surface area contributed by atoms with E-state index in [0.717, 1.165) is 6.42 Å². The maximum absolute atomic E-state index is 11.8. The Hall–Kier alpha value is -2.10. The summed E-state index contributed by atoms with van der Waals surface area (Å²) in [6.07, 6.45) is 4.62. The minimum atomic E-state index is -0.189. The van der Waals surface area contributed by atoms with Crippen LogP contribution in [0.4, 0.5) is 5.69 Å². The van der Waals surface area contributed by atoms with Gasteiger partial charge in [0, 0.05) is 18.3 Å². The number of aliphatic imine (C=N–C) groups is 1. The van der Waals surface area contributed by atoms with Gasteiger partial charge >= 0.3 is 0 Å². The predicted molar refractivity (Wildman–Crippen MR) is 71.1 cm³/mol. The highest BCUT2D eigenvalue weighted by molar-refractivity contribution is 6.10. The highest BCUT2D eigenvalue weighted by Gasteiger charge is 2.05. The third-order valence-corrected chi connectivity index (χ3v) is 2.17. The topological polar surface area (TPSA) is 67.5 Å². The zero-order chi connectivity index (χ0) is 12.7. The molecule has 0 bridgehead atoms. The van der Waals surface area contributed by atoms with Crippen molar-refractivity contribution in [1.82, 2.24) is 5.32 Å². The third kappa shape index (κ3) is 4.10. The maximum atomic E-state index is 11.8. The lowest BCUT2D eigenvalue weighted by Crippen LogP contribution is -2.29. The number of nitrogens with one attached hydrogen (secondary N) is 1. The fraction of sp³-hybridized carbons (Fsp3) is 0.231. The van der Waals surface area contributed by atoms with Gasteiger partial charge in [0.2, 0.25) is 0 Å². The molecule has 0 atom stereocenters. The molecule has 90 valence electrons. The molecule has 1 amide bonds. The molecule has 0 aliphatic carbocycles. The molecule has 1 rings (SSSR count). The number of hydrogen-bond acceptors (Lipinski definition) is 3. The molecule has 0 aromatic heterocycles. The van der Waals surface area contributed by atoms with E-state index in [-0.39, 0.29) is 5.91 Å². The van der Waals surface area contributed by atoms with Gasteiger partial charge in [-0.2, -0.15) is 0 Å². The number of amidine groups is 1. The van der Waals surface area contributed by atoms with Crippen LogP contribution in [-0.2, 0) is 0 Å². The van der Waals surface area contributed by atoms with E-state index in [4.69, 9.17) is 5.73 Å². The summed E-state index contributed by atoms with van der Waals surface area (Å²) in [5.41, 5.74) is 6.75. The number of rotatable bonds is 3. The number of anilines is 1. The van der Waals surface area contributed by atoms with Crippen LogP contribution in [0.2, 0.25) is 0 Å². The average Bonchev–Trinajstić information content (AvgIpc) is 2.35. The molecule has 1 aromatic carbocycles. The Labute approximate surface area is 101 Å². The van der Waals surface area contributed by atoms with E-state index in [1.165, 1.54) is 0 Å². The van der Waals surface area contributed by atoms with Crippen molar-refractivity contribution in [2.24, 2.45) is 4.99 Å². The first-order valence-electron chi connectivity index (χ1n) is 5.47. The second kappa shape index (κ2) is 6.48. The van der Waals surface area contributed by atoms with Gasteiger partial charge in [0.05, 0.1) is 0 Å². The molecule has 0 saturated carbocycles. The number of hydrogen-bond donors (Lipinski definition) is 2. The number of allylic oxidation sites excluding steroid dienone is 1. The van der Waals surface area contributed by atoms with E-state index in [2.05, 4.69) is 10.3 Å². The van der Waals surface area contributed by atoms with Crippen molar-refractivity contribution in [2.45, 2.75) is 13.3 Å². The fourth-order valence-electron chi connectivity index (χ4n) is 1.22. The van der Waals surface area contributed by atoms with Crippen molar-refractivity contribution in [3.63, 3.8) is 0 Å². The molecule has 17 heavy (non-hydrogen) atoms. The van der Waals surface area contributed by atoms with Gasteiger partial charge in [0.15, 0.2) is 0 Å². The minimum absolute atomic E-state index is 0.189. The molecule has 0 unspecified atom stereocenters. The lowest BCUT2D eigenvalue weighted by atomic mass is 10.2. The summed E-state index contributed by atoms with van der Waals surface area (Å²) in [6, 6.07) is 6.75. The molecule has 0 radical (unpaired) electrons. The third-order valence-electron chi connectivity index (χ3n) is 2.17. The van der Waals surface area contributed by atoms with Gasteiger partial charge in [-0.3, -0.25) is 9.79 Å². The molecule has 0 saturated heterocycles. The molecule has 0 spiro atoms. The van der Waals surface area contributed by atoms with E-state index in [1.54, 1.807) is 37.4 Å². The molecule has 0 heterocycles. The van der Waals surface area contributed by atoms with E-state index in [1.807, 2.05) is 13.0 Å². The normalized spacial score (nSPS) is 11.8. The summed E-state index contributed by atoms with van der Waals surface area (Å²) in [6.45, 7) is 2.02. The van der Waals surface area contributed by atoms with Crippen LogP contribution >= 0.6 is 0 Å². The van der Waals surface area contributed by atoms with E-state index >= 15 is 0 Å².